The van der Waals surface area contributed by atoms with E-state index >= 15 is 0 Å². The lowest BCUT2D eigenvalue weighted by molar-refractivity contribution is -0.147. The molecule has 0 aromatic rings. The summed E-state index contributed by atoms with van der Waals surface area (Å²) in [4.78, 5) is 24.2. The maximum Gasteiger partial charge on any atom is 0.328 e. The molecule has 1 aliphatic rings. The van der Waals surface area contributed by atoms with Crippen LogP contribution in [-0.2, 0) is 14.3 Å². The monoisotopic (exact) mass is 286 g/mol. The zero-order chi connectivity index (χ0) is 14.6. The summed E-state index contributed by atoms with van der Waals surface area (Å²) < 4.78 is 4.72. The number of hydrogen-bond donors (Lipinski definition) is 2. The van der Waals surface area contributed by atoms with Gasteiger partial charge < -0.3 is 15.8 Å². The maximum atomic E-state index is 12.3. The molecule has 3 N–H and O–H groups in total. The molecule has 1 aliphatic carbocycles. The number of esters is 1. The van der Waals surface area contributed by atoms with Crippen LogP contribution in [-0.4, -0.2) is 30.0 Å². The number of nitrogens with two attached hydrogens (primary N) is 1. The molecule has 0 bridgehead atoms. The van der Waals surface area contributed by atoms with E-state index in [0.29, 0.717) is 19.3 Å². The Morgan fingerprint density at radius 2 is 2.00 bits per heavy atom. The zero-order valence-electron chi connectivity index (χ0n) is 11.7. The molecule has 1 amide bonds. The maximum absolute atomic E-state index is 12.3. The predicted molar refractivity (Wildman–Crippen MR) is 76.5 cm³/mol. The summed E-state index contributed by atoms with van der Waals surface area (Å²) in [5, 5.41) is 2.74. The van der Waals surface area contributed by atoms with Crippen molar-refractivity contribution in [2.75, 3.05) is 7.11 Å². The van der Waals surface area contributed by atoms with E-state index in [0.717, 1.165) is 6.42 Å². The Morgan fingerprint density at radius 1 is 1.42 bits per heavy atom. The van der Waals surface area contributed by atoms with Gasteiger partial charge in [0.15, 0.2) is 0 Å². The van der Waals surface area contributed by atoms with Crippen molar-refractivity contribution >= 4 is 29.1 Å². The van der Waals surface area contributed by atoms with Gasteiger partial charge in [-0.25, -0.2) is 4.79 Å². The minimum Gasteiger partial charge on any atom is -0.467 e. The molecule has 1 rings (SSSR count). The molecule has 1 unspecified atom stereocenters. The summed E-state index contributed by atoms with van der Waals surface area (Å²) in [6.07, 6.45) is 2.77. The summed E-state index contributed by atoms with van der Waals surface area (Å²) in [7, 11) is 1.31. The van der Waals surface area contributed by atoms with Crippen molar-refractivity contribution in [2.24, 2.45) is 17.1 Å². The van der Waals surface area contributed by atoms with Crippen LogP contribution >= 0.6 is 12.2 Å². The molecular weight excluding hydrogens is 264 g/mol. The second kappa shape index (κ2) is 6.32. The van der Waals surface area contributed by atoms with Crippen molar-refractivity contribution in [3.8, 4) is 0 Å². The van der Waals surface area contributed by atoms with E-state index in [1.165, 1.54) is 7.11 Å². The first-order chi connectivity index (χ1) is 8.83. The lowest BCUT2D eigenvalue weighted by atomic mass is 9.68. The van der Waals surface area contributed by atoms with Gasteiger partial charge in [-0.2, -0.15) is 0 Å². The number of nitrogens with one attached hydrogen (secondary N) is 1. The number of carbonyl (C=O) groups excluding carboxylic acids is 2. The molecule has 0 aromatic carbocycles. The van der Waals surface area contributed by atoms with Crippen LogP contribution in [0.15, 0.2) is 0 Å². The summed E-state index contributed by atoms with van der Waals surface area (Å²) in [5.74, 6) is -0.409. The third-order valence-electron chi connectivity index (χ3n) is 3.61. The topological polar surface area (TPSA) is 81.4 Å². The lowest BCUT2D eigenvalue weighted by Crippen LogP contribution is -2.56. The van der Waals surface area contributed by atoms with Gasteiger partial charge in [-0.1, -0.05) is 32.5 Å². The Kier molecular flexibility index (Phi) is 5.29. The number of ether oxygens (including phenoxy) is 1. The Bertz CT molecular complexity index is 378. The van der Waals surface area contributed by atoms with E-state index in [2.05, 4.69) is 5.32 Å². The summed E-state index contributed by atoms with van der Waals surface area (Å²) >= 11 is 4.99. The van der Waals surface area contributed by atoms with Gasteiger partial charge in [0.2, 0.25) is 5.91 Å². The van der Waals surface area contributed by atoms with Crippen LogP contribution < -0.4 is 11.1 Å². The van der Waals surface area contributed by atoms with Gasteiger partial charge in [0.25, 0.3) is 0 Å². The molecule has 6 heteroatoms. The third-order valence-corrected chi connectivity index (χ3v) is 4.00. The van der Waals surface area contributed by atoms with Crippen molar-refractivity contribution in [3.63, 3.8) is 0 Å². The van der Waals surface area contributed by atoms with Crippen LogP contribution in [0.4, 0.5) is 0 Å². The van der Waals surface area contributed by atoms with Crippen LogP contribution in [0, 0.1) is 11.3 Å². The molecule has 0 aliphatic heterocycles. The number of amides is 1. The summed E-state index contributed by atoms with van der Waals surface area (Å²) in [6.45, 7) is 3.96. The second-order valence-electron chi connectivity index (χ2n) is 5.48. The number of carbonyl (C=O) groups is 2. The zero-order valence-corrected chi connectivity index (χ0v) is 12.5. The molecule has 1 saturated carbocycles. The SMILES string of the molecule is COC(=O)C(CC(C)C)NC(=O)C1(C(N)=S)CCC1. The predicted octanol–water partition coefficient (Wildman–Crippen LogP) is 1.15. The molecule has 0 spiro atoms. The van der Waals surface area contributed by atoms with Gasteiger partial charge in [-0.05, 0) is 25.2 Å². The van der Waals surface area contributed by atoms with E-state index in [1.54, 1.807) is 0 Å². The fraction of sp³-hybridized carbons (Fsp3) is 0.769. The molecular formula is C13H22N2O3S. The van der Waals surface area contributed by atoms with Crippen LogP contribution in [0.25, 0.3) is 0 Å². The molecule has 0 aromatic heterocycles. The van der Waals surface area contributed by atoms with Crippen molar-refractivity contribution in [3.05, 3.63) is 0 Å². The van der Waals surface area contributed by atoms with Crippen LogP contribution in [0.2, 0.25) is 0 Å². The third kappa shape index (κ3) is 3.43. The molecule has 1 fully saturated rings. The van der Waals surface area contributed by atoms with E-state index in [1.807, 2.05) is 13.8 Å². The molecule has 1 atom stereocenters. The van der Waals surface area contributed by atoms with Gasteiger partial charge in [0.05, 0.1) is 17.5 Å². The Morgan fingerprint density at radius 3 is 2.32 bits per heavy atom. The highest BCUT2D eigenvalue weighted by Crippen LogP contribution is 2.41. The molecule has 0 heterocycles. The standard InChI is InChI=1S/C13H22N2O3S/c1-8(2)7-9(10(16)18-3)15-12(17)13(11(14)19)5-4-6-13/h8-9H,4-7H2,1-3H3,(H2,14,19)(H,15,17). The van der Waals surface area contributed by atoms with Gasteiger partial charge >= 0.3 is 5.97 Å². The number of thiocarbonyl (C=S) groups is 1. The van der Waals surface area contributed by atoms with Gasteiger partial charge in [0, 0.05) is 0 Å². The fourth-order valence-corrected chi connectivity index (χ4v) is 2.54. The number of rotatable bonds is 6. The van der Waals surface area contributed by atoms with Gasteiger partial charge in [-0.3, -0.25) is 4.79 Å². The highest BCUT2D eigenvalue weighted by Gasteiger charge is 2.47. The van der Waals surface area contributed by atoms with Gasteiger partial charge in [0.1, 0.15) is 6.04 Å². The van der Waals surface area contributed by atoms with Crippen LogP contribution in [0.3, 0.4) is 0 Å². The van der Waals surface area contributed by atoms with Crippen LogP contribution in [0.5, 0.6) is 0 Å². The first-order valence-electron chi connectivity index (χ1n) is 6.52. The van der Waals surface area contributed by atoms with Crippen LogP contribution in [0.1, 0.15) is 39.5 Å². The molecule has 19 heavy (non-hydrogen) atoms. The minimum atomic E-state index is -0.765. The van der Waals surface area contributed by atoms with Crippen molar-refractivity contribution in [2.45, 2.75) is 45.6 Å². The first kappa shape index (κ1) is 15.9. The quantitative estimate of drug-likeness (QED) is 0.565. The smallest absolute Gasteiger partial charge is 0.328 e. The Labute approximate surface area is 119 Å². The Hall–Kier alpha value is -1.17. The molecule has 5 nitrogen and oxygen atoms in total. The summed E-state index contributed by atoms with van der Waals surface area (Å²) in [6, 6.07) is -0.635. The largest absolute Gasteiger partial charge is 0.467 e. The summed E-state index contributed by atoms with van der Waals surface area (Å²) in [5.41, 5.74) is 4.91. The molecule has 0 saturated heterocycles. The van der Waals surface area contributed by atoms with Gasteiger partial charge in [-0.15, -0.1) is 0 Å². The lowest BCUT2D eigenvalue weighted by Gasteiger charge is -2.39. The average molecular weight is 286 g/mol. The number of hydrogen-bond acceptors (Lipinski definition) is 4. The Balaban J connectivity index is 2.75. The van der Waals surface area contributed by atoms with Crippen molar-refractivity contribution in [1.82, 2.24) is 5.32 Å². The van der Waals surface area contributed by atoms with E-state index < -0.39 is 17.4 Å². The second-order valence-corrected chi connectivity index (χ2v) is 5.92. The first-order valence-corrected chi connectivity index (χ1v) is 6.93. The normalized spacial score (nSPS) is 18.3. The van der Waals surface area contributed by atoms with Crippen molar-refractivity contribution < 1.29 is 14.3 Å². The highest BCUT2D eigenvalue weighted by molar-refractivity contribution is 7.80. The highest BCUT2D eigenvalue weighted by atomic mass is 32.1. The minimum absolute atomic E-state index is 0.212. The van der Waals surface area contributed by atoms with E-state index in [4.69, 9.17) is 22.7 Å². The number of methoxy groups -OCH3 is 1. The molecule has 0 radical (unpaired) electrons. The fourth-order valence-electron chi connectivity index (χ4n) is 2.24. The average Bonchev–Trinajstić information content (AvgIpc) is 2.24. The molecule has 108 valence electrons. The van der Waals surface area contributed by atoms with E-state index in [-0.39, 0.29) is 16.8 Å². The van der Waals surface area contributed by atoms with Crippen molar-refractivity contribution in [1.29, 1.82) is 0 Å². The van der Waals surface area contributed by atoms with E-state index in [9.17, 15) is 9.59 Å².